The van der Waals surface area contributed by atoms with Crippen LogP contribution in [0.2, 0.25) is 0 Å². The molecule has 0 aromatic heterocycles. The van der Waals surface area contributed by atoms with Gasteiger partial charge in [0.25, 0.3) is 0 Å². The Balaban J connectivity index is 2.95. The largest absolute Gasteiger partial charge is 0.313 e. The highest BCUT2D eigenvalue weighted by Crippen LogP contribution is 2.20. The molecule has 0 aliphatic heterocycles. The van der Waals surface area contributed by atoms with Crippen LogP contribution < -0.4 is 4.90 Å². The van der Waals surface area contributed by atoms with Gasteiger partial charge in [0.05, 0.1) is 5.69 Å². The Morgan fingerprint density at radius 3 is 2.69 bits per heavy atom. The Bertz CT molecular complexity index is 316. The van der Waals surface area contributed by atoms with E-state index in [1.807, 2.05) is 24.3 Å². The van der Waals surface area contributed by atoms with Crippen LogP contribution in [0.3, 0.4) is 0 Å². The summed E-state index contributed by atoms with van der Waals surface area (Å²) < 4.78 is 1.04. The molecule has 0 N–H and O–H groups in total. The third-order valence-corrected chi connectivity index (χ3v) is 2.84. The predicted octanol–water partition coefficient (Wildman–Crippen LogP) is 2.49. The molecule has 0 bridgehead atoms. The van der Waals surface area contributed by atoms with Gasteiger partial charge in [-0.1, -0.05) is 12.1 Å². The van der Waals surface area contributed by atoms with Crippen molar-refractivity contribution in [3.05, 3.63) is 27.8 Å². The predicted molar refractivity (Wildman–Crippen MR) is 63.3 cm³/mol. The molecule has 0 fully saturated rings. The number of rotatable bonds is 2. The van der Waals surface area contributed by atoms with Gasteiger partial charge in [-0.2, -0.15) is 0 Å². The Hall–Kier alpha value is -0.290. The SMILES string of the molecule is CN(C(=O)CCl)c1ccccc1I. The molecule has 1 amide bonds. The summed E-state index contributed by atoms with van der Waals surface area (Å²) in [5.74, 6) is -0.0765. The zero-order valence-electron chi connectivity index (χ0n) is 7.13. The number of para-hydroxylation sites is 1. The molecule has 1 rings (SSSR count). The molecule has 1 aromatic rings. The van der Waals surface area contributed by atoms with E-state index < -0.39 is 0 Å². The number of alkyl halides is 1. The van der Waals surface area contributed by atoms with Gasteiger partial charge in [0.15, 0.2) is 0 Å². The molecular weight excluding hydrogens is 300 g/mol. The van der Waals surface area contributed by atoms with Gasteiger partial charge >= 0.3 is 0 Å². The Kier molecular flexibility index (Phi) is 3.99. The molecule has 1 aromatic carbocycles. The maximum absolute atomic E-state index is 11.3. The second kappa shape index (κ2) is 4.81. The first-order valence-electron chi connectivity index (χ1n) is 3.74. The van der Waals surface area contributed by atoms with Crippen LogP contribution in [0.1, 0.15) is 0 Å². The molecule has 0 atom stereocenters. The van der Waals surface area contributed by atoms with Crippen molar-refractivity contribution in [1.29, 1.82) is 0 Å². The van der Waals surface area contributed by atoms with Crippen LogP contribution in [0, 0.1) is 3.57 Å². The van der Waals surface area contributed by atoms with E-state index >= 15 is 0 Å². The van der Waals surface area contributed by atoms with Crippen molar-refractivity contribution in [2.24, 2.45) is 0 Å². The molecule has 0 spiro atoms. The Morgan fingerprint density at radius 1 is 1.54 bits per heavy atom. The highest BCUT2D eigenvalue weighted by atomic mass is 127. The molecule has 13 heavy (non-hydrogen) atoms. The minimum Gasteiger partial charge on any atom is -0.313 e. The lowest BCUT2D eigenvalue weighted by molar-refractivity contribution is -0.116. The summed E-state index contributed by atoms with van der Waals surface area (Å²) >= 11 is 7.64. The first-order chi connectivity index (χ1) is 6.16. The third-order valence-electron chi connectivity index (χ3n) is 1.70. The van der Waals surface area contributed by atoms with E-state index in [4.69, 9.17) is 11.6 Å². The number of benzene rings is 1. The van der Waals surface area contributed by atoms with E-state index in [1.54, 1.807) is 11.9 Å². The summed E-state index contributed by atoms with van der Waals surface area (Å²) in [7, 11) is 1.72. The second-order valence-electron chi connectivity index (χ2n) is 2.54. The van der Waals surface area contributed by atoms with Crippen LogP contribution in [0.15, 0.2) is 24.3 Å². The average Bonchev–Trinajstić information content (AvgIpc) is 2.16. The topological polar surface area (TPSA) is 20.3 Å². The van der Waals surface area contributed by atoms with E-state index in [-0.39, 0.29) is 11.8 Å². The summed E-state index contributed by atoms with van der Waals surface area (Å²) in [4.78, 5) is 12.8. The van der Waals surface area contributed by atoms with Crippen molar-refractivity contribution in [2.45, 2.75) is 0 Å². The standard InChI is InChI=1S/C9H9ClINO/c1-12(9(13)6-10)8-5-3-2-4-7(8)11/h2-5H,6H2,1H3. The van der Waals surface area contributed by atoms with Gasteiger partial charge in [-0.05, 0) is 34.7 Å². The van der Waals surface area contributed by atoms with Crippen molar-refractivity contribution in [3.8, 4) is 0 Å². The van der Waals surface area contributed by atoms with Crippen LogP contribution in [-0.2, 0) is 4.79 Å². The maximum Gasteiger partial charge on any atom is 0.241 e. The molecular formula is C9H9ClINO. The van der Waals surface area contributed by atoms with Gasteiger partial charge in [-0.25, -0.2) is 0 Å². The summed E-state index contributed by atoms with van der Waals surface area (Å²) in [6, 6.07) is 7.68. The minimum absolute atomic E-state index is 0.0154. The van der Waals surface area contributed by atoms with Gasteiger partial charge in [0.1, 0.15) is 5.88 Å². The third kappa shape index (κ3) is 2.57. The minimum atomic E-state index is -0.0919. The molecule has 70 valence electrons. The number of hydrogen-bond donors (Lipinski definition) is 0. The maximum atomic E-state index is 11.3. The second-order valence-corrected chi connectivity index (χ2v) is 3.97. The van der Waals surface area contributed by atoms with E-state index in [9.17, 15) is 4.79 Å². The fourth-order valence-electron chi connectivity index (χ4n) is 0.948. The van der Waals surface area contributed by atoms with Crippen LogP contribution in [0.5, 0.6) is 0 Å². The van der Waals surface area contributed by atoms with Crippen molar-refractivity contribution < 1.29 is 4.79 Å². The molecule has 0 saturated carbocycles. The van der Waals surface area contributed by atoms with Gasteiger partial charge in [-0.3, -0.25) is 4.79 Å². The number of carbonyl (C=O) groups is 1. The van der Waals surface area contributed by atoms with Crippen molar-refractivity contribution in [3.63, 3.8) is 0 Å². The normalized spacial score (nSPS) is 9.77. The quantitative estimate of drug-likeness (QED) is 0.607. The van der Waals surface area contributed by atoms with Crippen molar-refractivity contribution in [1.82, 2.24) is 0 Å². The zero-order chi connectivity index (χ0) is 9.84. The van der Waals surface area contributed by atoms with E-state index in [1.165, 1.54) is 0 Å². The molecule has 0 saturated heterocycles. The molecule has 0 heterocycles. The molecule has 0 aliphatic carbocycles. The first-order valence-corrected chi connectivity index (χ1v) is 5.35. The fraction of sp³-hybridized carbons (Fsp3) is 0.222. The summed E-state index contributed by atoms with van der Waals surface area (Å²) in [5, 5.41) is 0. The number of halogens is 2. The van der Waals surface area contributed by atoms with E-state index in [0.717, 1.165) is 9.26 Å². The lowest BCUT2D eigenvalue weighted by atomic mass is 10.3. The lowest BCUT2D eigenvalue weighted by Gasteiger charge is -2.17. The number of hydrogen-bond acceptors (Lipinski definition) is 1. The molecule has 4 heteroatoms. The van der Waals surface area contributed by atoms with Crippen molar-refractivity contribution >= 4 is 45.8 Å². The van der Waals surface area contributed by atoms with Crippen LogP contribution in [0.4, 0.5) is 5.69 Å². The van der Waals surface area contributed by atoms with Crippen molar-refractivity contribution in [2.75, 3.05) is 17.8 Å². The number of nitrogens with zero attached hydrogens (tertiary/aromatic N) is 1. The van der Waals surface area contributed by atoms with E-state index in [0.29, 0.717) is 0 Å². The highest BCUT2D eigenvalue weighted by molar-refractivity contribution is 14.1. The summed E-state index contributed by atoms with van der Waals surface area (Å²) in [6.45, 7) is 0. The molecule has 0 aliphatic rings. The fourth-order valence-corrected chi connectivity index (χ4v) is 1.88. The zero-order valence-corrected chi connectivity index (χ0v) is 10.0. The first kappa shape index (κ1) is 10.8. The Labute approximate surface area is 96.0 Å². The molecule has 0 unspecified atom stereocenters. The smallest absolute Gasteiger partial charge is 0.241 e. The van der Waals surface area contributed by atoms with Crippen LogP contribution in [0.25, 0.3) is 0 Å². The summed E-state index contributed by atoms with van der Waals surface area (Å²) in [5.41, 5.74) is 0.897. The highest BCUT2D eigenvalue weighted by Gasteiger charge is 2.10. The monoisotopic (exact) mass is 309 g/mol. The molecule has 0 radical (unpaired) electrons. The number of amides is 1. The number of anilines is 1. The Morgan fingerprint density at radius 2 is 2.15 bits per heavy atom. The van der Waals surface area contributed by atoms with Crippen LogP contribution in [-0.4, -0.2) is 18.8 Å². The van der Waals surface area contributed by atoms with Gasteiger partial charge in [-0.15, -0.1) is 11.6 Å². The lowest BCUT2D eigenvalue weighted by Crippen LogP contribution is -2.27. The van der Waals surface area contributed by atoms with Crippen LogP contribution >= 0.6 is 34.2 Å². The molecule has 2 nitrogen and oxygen atoms in total. The van der Waals surface area contributed by atoms with E-state index in [2.05, 4.69) is 22.6 Å². The van der Waals surface area contributed by atoms with Gasteiger partial charge in [0, 0.05) is 10.6 Å². The summed E-state index contributed by atoms with van der Waals surface area (Å²) in [6.07, 6.45) is 0. The number of carbonyl (C=O) groups excluding carboxylic acids is 1. The van der Waals surface area contributed by atoms with Gasteiger partial charge < -0.3 is 4.90 Å². The average molecular weight is 310 g/mol. The van der Waals surface area contributed by atoms with Gasteiger partial charge in [0.2, 0.25) is 5.91 Å².